The summed E-state index contributed by atoms with van der Waals surface area (Å²) in [4.78, 5) is 24.9. The Balaban J connectivity index is 2.06. The highest BCUT2D eigenvalue weighted by Gasteiger charge is 2.56. The molecule has 0 bridgehead atoms. The van der Waals surface area contributed by atoms with E-state index in [1.807, 2.05) is 0 Å². The number of aliphatic hydroxyl groups is 1. The van der Waals surface area contributed by atoms with E-state index < -0.39 is 23.0 Å². The Labute approximate surface area is 145 Å². The standard InChI is InChI=1S/C19H19FN2O3/c1-3-14(9-10-16(23)4-2)21-17(24)19(11-12-19)18(25)22-15-7-5-13(20)6-8-15/h3-10,23H,1-2,11-12H2,(H,21,24)(H,22,25)/b14-9+,16-10+. The van der Waals surface area contributed by atoms with E-state index in [-0.39, 0.29) is 5.76 Å². The van der Waals surface area contributed by atoms with Crippen LogP contribution >= 0.6 is 0 Å². The van der Waals surface area contributed by atoms with Crippen molar-refractivity contribution in [2.75, 3.05) is 5.32 Å². The number of rotatable bonds is 7. The number of amides is 2. The molecule has 0 aromatic heterocycles. The van der Waals surface area contributed by atoms with Crippen LogP contribution in [0.25, 0.3) is 0 Å². The van der Waals surface area contributed by atoms with Gasteiger partial charge < -0.3 is 15.7 Å². The molecule has 130 valence electrons. The number of hydrogen-bond donors (Lipinski definition) is 3. The summed E-state index contributed by atoms with van der Waals surface area (Å²) < 4.78 is 12.9. The molecule has 0 spiro atoms. The Morgan fingerprint density at radius 1 is 1.08 bits per heavy atom. The molecule has 0 aliphatic heterocycles. The van der Waals surface area contributed by atoms with E-state index in [0.29, 0.717) is 24.2 Å². The Morgan fingerprint density at radius 3 is 2.24 bits per heavy atom. The summed E-state index contributed by atoms with van der Waals surface area (Å²) in [6.45, 7) is 6.99. The van der Waals surface area contributed by atoms with Gasteiger partial charge in [-0.05, 0) is 61.4 Å². The Bertz CT molecular complexity index is 759. The van der Waals surface area contributed by atoms with E-state index in [4.69, 9.17) is 0 Å². The van der Waals surface area contributed by atoms with Crippen LogP contribution in [0.1, 0.15) is 12.8 Å². The number of carbonyl (C=O) groups is 2. The van der Waals surface area contributed by atoms with Crippen LogP contribution in [-0.2, 0) is 9.59 Å². The van der Waals surface area contributed by atoms with Crippen LogP contribution in [0.4, 0.5) is 10.1 Å². The van der Waals surface area contributed by atoms with Crippen LogP contribution in [0.3, 0.4) is 0 Å². The lowest BCUT2D eigenvalue weighted by Crippen LogP contribution is -2.39. The largest absolute Gasteiger partial charge is 0.508 e. The minimum atomic E-state index is -1.15. The molecule has 5 nitrogen and oxygen atoms in total. The lowest BCUT2D eigenvalue weighted by molar-refractivity contribution is -0.133. The Kier molecular flexibility index (Phi) is 5.54. The van der Waals surface area contributed by atoms with Gasteiger partial charge in [-0.2, -0.15) is 0 Å². The molecular formula is C19H19FN2O3. The Morgan fingerprint density at radius 2 is 1.72 bits per heavy atom. The van der Waals surface area contributed by atoms with Crippen molar-refractivity contribution in [3.05, 3.63) is 79.0 Å². The third-order valence-electron chi connectivity index (χ3n) is 3.84. The number of carbonyl (C=O) groups excluding carboxylic acids is 2. The van der Waals surface area contributed by atoms with Crippen molar-refractivity contribution in [1.82, 2.24) is 5.32 Å². The first kappa shape index (κ1) is 18.2. The molecule has 1 aromatic rings. The summed E-state index contributed by atoms with van der Waals surface area (Å²) in [6.07, 6.45) is 6.29. The normalized spacial score (nSPS) is 15.9. The first-order chi connectivity index (χ1) is 11.9. The molecule has 2 amide bonds. The third-order valence-corrected chi connectivity index (χ3v) is 3.84. The molecule has 1 saturated carbocycles. The molecule has 6 heteroatoms. The number of nitrogens with one attached hydrogen (secondary N) is 2. The van der Waals surface area contributed by atoms with E-state index in [0.717, 1.165) is 0 Å². The first-order valence-corrected chi connectivity index (χ1v) is 7.65. The van der Waals surface area contributed by atoms with Gasteiger partial charge in [0.25, 0.3) is 0 Å². The van der Waals surface area contributed by atoms with Gasteiger partial charge in [0, 0.05) is 11.4 Å². The monoisotopic (exact) mass is 342 g/mol. The molecule has 0 atom stereocenters. The fourth-order valence-electron chi connectivity index (χ4n) is 2.12. The van der Waals surface area contributed by atoms with Crippen LogP contribution in [0, 0.1) is 11.2 Å². The molecule has 2 rings (SSSR count). The summed E-state index contributed by atoms with van der Waals surface area (Å²) in [5.41, 5.74) is -0.385. The fourth-order valence-corrected chi connectivity index (χ4v) is 2.12. The molecule has 0 unspecified atom stereocenters. The zero-order valence-electron chi connectivity index (χ0n) is 13.6. The zero-order valence-corrected chi connectivity index (χ0v) is 13.6. The zero-order chi connectivity index (χ0) is 18.4. The van der Waals surface area contributed by atoms with Gasteiger partial charge in [-0.3, -0.25) is 9.59 Å². The van der Waals surface area contributed by atoms with Crippen molar-refractivity contribution in [2.24, 2.45) is 5.41 Å². The average molecular weight is 342 g/mol. The van der Waals surface area contributed by atoms with E-state index in [2.05, 4.69) is 23.8 Å². The van der Waals surface area contributed by atoms with Crippen molar-refractivity contribution in [1.29, 1.82) is 0 Å². The second-order valence-corrected chi connectivity index (χ2v) is 5.62. The summed E-state index contributed by atoms with van der Waals surface area (Å²) >= 11 is 0. The second-order valence-electron chi connectivity index (χ2n) is 5.62. The van der Waals surface area contributed by atoms with Gasteiger partial charge in [-0.15, -0.1) is 0 Å². The van der Waals surface area contributed by atoms with Gasteiger partial charge in [0.2, 0.25) is 11.8 Å². The predicted octanol–water partition coefficient (Wildman–Crippen LogP) is 3.36. The number of benzene rings is 1. The average Bonchev–Trinajstić information content (AvgIpc) is 3.42. The molecular weight excluding hydrogens is 323 g/mol. The van der Waals surface area contributed by atoms with Crippen molar-refractivity contribution < 1.29 is 19.1 Å². The van der Waals surface area contributed by atoms with E-state index in [9.17, 15) is 19.1 Å². The minimum Gasteiger partial charge on any atom is -0.508 e. The summed E-state index contributed by atoms with van der Waals surface area (Å²) in [6, 6.07) is 5.32. The second kappa shape index (κ2) is 7.61. The van der Waals surface area contributed by atoms with Crippen molar-refractivity contribution in [2.45, 2.75) is 12.8 Å². The fraction of sp³-hybridized carbons (Fsp3) is 0.158. The van der Waals surface area contributed by atoms with Crippen LogP contribution in [0.5, 0.6) is 0 Å². The molecule has 0 heterocycles. The maximum atomic E-state index is 12.9. The predicted molar refractivity (Wildman–Crippen MR) is 94.0 cm³/mol. The molecule has 0 radical (unpaired) electrons. The smallest absolute Gasteiger partial charge is 0.240 e. The quantitative estimate of drug-likeness (QED) is 0.404. The first-order valence-electron chi connectivity index (χ1n) is 7.65. The molecule has 0 saturated heterocycles. The van der Waals surface area contributed by atoms with Gasteiger partial charge >= 0.3 is 0 Å². The SMILES string of the molecule is C=C/C(O)=C\C=C(/C=C)NC(=O)C1(C(=O)Nc2ccc(F)cc2)CC1. The molecule has 1 aromatic carbocycles. The number of hydrogen-bond acceptors (Lipinski definition) is 3. The highest BCUT2D eigenvalue weighted by molar-refractivity contribution is 6.13. The molecule has 1 aliphatic carbocycles. The number of allylic oxidation sites excluding steroid dienone is 4. The third kappa shape index (κ3) is 4.44. The molecule has 25 heavy (non-hydrogen) atoms. The topological polar surface area (TPSA) is 78.4 Å². The van der Waals surface area contributed by atoms with Crippen molar-refractivity contribution >= 4 is 17.5 Å². The molecule has 1 fully saturated rings. The van der Waals surface area contributed by atoms with Crippen LogP contribution in [0.2, 0.25) is 0 Å². The van der Waals surface area contributed by atoms with Gasteiger partial charge in [0.15, 0.2) is 0 Å². The number of halogens is 1. The Hall–Kier alpha value is -3.15. The molecule has 1 aliphatic rings. The lowest BCUT2D eigenvalue weighted by Gasteiger charge is -2.15. The maximum absolute atomic E-state index is 12.9. The highest BCUT2D eigenvalue weighted by atomic mass is 19.1. The maximum Gasteiger partial charge on any atom is 0.240 e. The lowest BCUT2D eigenvalue weighted by atomic mass is 10.0. The number of aliphatic hydroxyl groups excluding tert-OH is 1. The van der Waals surface area contributed by atoms with E-state index in [1.54, 1.807) is 0 Å². The van der Waals surface area contributed by atoms with Crippen molar-refractivity contribution in [3.8, 4) is 0 Å². The minimum absolute atomic E-state index is 0.0659. The molecule has 3 N–H and O–H groups in total. The van der Waals surface area contributed by atoms with Crippen LogP contribution in [-0.4, -0.2) is 16.9 Å². The van der Waals surface area contributed by atoms with Gasteiger partial charge in [-0.1, -0.05) is 13.2 Å². The van der Waals surface area contributed by atoms with Crippen molar-refractivity contribution in [3.63, 3.8) is 0 Å². The summed E-state index contributed by atoms with van der Waals surface area (Å²) in [5.74, 6) is -1.37. The van der Waals surface area contributed by atoms with Crippen LogP contribution in [0.15, 0.2) is 73.2 Å². The highest BCUT2D eigenvalue weighted by Crippen LogP contribution is 2.47. The van der Waals surface area contributed by atoms with Gasteiger partial charge in [-0.25, -0.2) is 4.39 Å². The van der Waals surface area contributed by atoms with E-state index >= 15 is 0 Å². The number of anilines is 1. The van der Waals surface area contributed by atoms with Gasteiger partial charge in [0.1, 0.15) is 17.0 Å². The summed E-state index contributed by atoms with van der Waals surface area (Å²) in [5, 5.41) is 14.6. The summed E-state index contributed by atoms with van der Waals surface area (Å²) in [7, 11) is 0. The van der Waals surface area contributed by atoms with Crippen LogP contribution < -0.4 is 10.6 Å². The van der Waals surface area contributed by atoms with E-state index in [1.165, 1.54) is 48.6 Å². The van der Waals surface area contributed by atoms with Gasteiger partial charge in [0.05, 0.1) is 0 Å².